The minimum atomic E-state index is -0.112. The summed E-state index contributed by atoms with van der Waals surface area (Å²) in [4.78, 5) is 31.8. The van der Waals surface area contributed by atoms with Gasteiger partial charge in [-0.1, -0.05) is 37.4 Å². The molecule has 1 aliphatic carbocycles. The number of hydrogen-bond acceptors (Lipinski definition) is 3. The first-order valence-corrected chi connectivity index (χ1v) is 11.2. The number of amides is 3. The number of urea groups is 1. The molecule has 1 heterocycles. The van der Waals surface area contributed by atoms with Crippen molar-refractivity contribution in [2.45, 2.75) is 45.1 Å². The third-order valence-electron chi connectivity index (χ3n) is 6.11. The third kappa shape index (κ3) is 5.64. The van der Waals surface area contributed by atoms with Crippen LogP contribution in [0, 0.1) is 5.92 Å². The number of likely N-dealkylation sites (N-methyl/N-ethyl adjacent to an activating group) is 1. The van der Waals surface area contributed by atoms with E-state index in [0.717, 1.165) is 38.9 Å². The van der Waals surface area contributed by atoms with Crippen molar-refractivity contribution in [3.63, 3.8) is 0 Å². The highest BCUT2D eigenvalue weighted by molar-refractivity contribution is 6.30. The number of anilines is 1. The lowest BCUT2D eigenvalue weighted by molar-refractivity contribution is -0.138. The average molecular weight is 421 g/mol. The minimum Gasteiger partial charge on any atom is -0.344 e. The summed E-state index contributed by atoms with van der Waals surface area (Å²) < 4.78 is 0. The maximum Gasteiger partial charge on any atom is 0.321 e. The maximum atomic E-state index is 13.2. The molecule has 1 aromatic carbocycles. The van der Waals surface area contributed by atoms with Gasteiger partial charge in [-0.3, -0.25) is 9.69 Å². The summed E-state index contributed by atoms with van der Waals surface area (Å²) in [5.74, 6) is 0.684. The molecule has 1 saturated heterocycles. The third-order valence-corrected chi connectivity index (χ3v) is 6.34. The number of carbonyl (C=O) groups excluding carboxylic acids is 2. The number of nitrogens with zero attached hydrogens (tertiary/aromatic N) is 3. The Balaban J connectivity index is 1.60. The van der Waals surface area contributed by atoms with Crippen LogP contribution in [0.4, 0.5) is 10.5 Å². The summed E-state index contributed by atoms with van der Waals surface area (Å²) in [6, 6.07) is 7.02. The van der Waals surface area contributed by atoms with Crippen LogP contribution in [0.2, 0.25) is 5.02 Å². The Morgan fingerprint density at radius 3 is 2.52 bits per heavy atom. The van der Waals surface area contributed by atoms with Crippen molar-refractivity contribution < 1.29 is 9.59 Å². The maximum absolute atomic E-state index is 13.2. The van der Waals surface area contributed by atoms with Crippen molar-refractivity contribution in [3.8, 4) is 0 Å². The van der Waals surface area contributed by atoms with Gasteiger partial charge in [0.05, 0.1) is 6.04 Å². The Bertz CT molecular complexity index is 700. The van der Waals surface area contributed by atoms with Crippen LogP contribution in [-0.4, -0.2) is 72.5 Å². The molecular weight excluding hydrogens is 388 g/mol. The van der Waals surface area contributed by atoms with E-state index in [1.807, 2.05) is 29.0 Å². The van der Waals surface area contributed by atoms with Crippen molar-refractivity contribution in [1.29, 1.82) is 0 Å². The van der Waals surface area contributed by atoms with E-state index >= 15 is 0 Å². The van der Waals surface area contributed by atoms with Gasteiger partial charge in [-0.15, -0.1) is 0 Å². The highest BCUT2D eigenvalue weighted by atomic mass is 35.5. The number of carbonyl (C=O) groups is 2. The molecule has 2 fully saturated rings. The van der Waals surface area contributed by atoms with Gasteiger partial charge in [0, 0.05) is 50.5 Å². The second-order valence-corrected chi connectivity index (χ2v) is 8.65. The fourth-order valence-electron chi connectivity index (χ4n) is 4.57. The first-order chi connectivity index (χ1) is 14.0. The van der Waals surface area contributed by atoms with Gasteiger partial charge < -0.3 is 15.1 Å². The normalized spacial score (nSPS) is 19.2. The van der Waals surface area contributed by atoms with Gasteiger partial charge in [-0.25, -0.2) is 4.79 Å². The topological polar surface area (TPSA) is 55.9 Å². The number of halogens is 1. The molecule has 1 saturated carbocycles. The lowest BCUT2D eigenvalue weighted by atomic mass is 9.94. The van der Waals surface area contributed by atoms with Crippen LogP contribution in [-0.2, 0) is 4.79 Å². The number of piperazine rings is 1. The van der Waals surface area contributed by atoms with Crippen molar-refractivity contribution in [2.75, 3.05) is 45.1 Å². The summed E-state index contributed by atoms with van der Waals surface area (Å²) >= 11 is 6.00. The van der Waals surface area contributed by atoms with Crippen LogP contribution >= 0.6 is 11.6 Å². The van der Waals surface area contributed by atoms with Crippen molar-refractivity contribution in [1.82, 2.24) is 14.7 Å². The van der Waals surface area contributed by atoms with Gasteiger partial charge in [0.1, 0.15) is 0 Å². The van der Waals surface area contributed by atoms with E-state index < -0.39 is 0 Å². The summed E-state index contributed by atoms with van der Waals surface area (Å²) in [5, 5.41) is 3.52. The molecule has 3 rings (SSSR count). The van der Waals surface area contributed by atoms with Gasteiger partial charge in [0.25, 0.3) is 0 Å². The quantitative estimate of drug-likeness (QED) is 0.758. The van der Waals surface area contributed by atoms with Gasteiger partial charge >= 0.3 is 6.03 Å². The molecule has 0 unspecified atom stereocenters. The molecule has 160 valence electrons. The molecular formula is C22H33ClN4O2. The number of nitrogens with one attached hydrogen (secondary N) is 1. The van der Waals surface area contributed by atoms with Crippen LogP contribution in [0.25, 0.3) is 0 Å². The lowest BCUT2D eigenvalue weighted by Gasteiger charge is -2.41. The summed E-state index contributed by atoms with van der Waals surface area (Å²) in [6.45, 7) is 5.61. The fraction of sp³-hybridized carbons (Fsp3) is 0.636. The molecule has 0 bridgehead atoms. The van der Waals surface area contributed by atoms with E-state index in [-0.39, 0.29) is 18.0 Å². The molecule has 7 heteroatoms. The van der Waals surface area contributed by atoms with Crippen molar-refractivity contribution >= 4 is 29.2 Å². The zero-order chi connectivity index (χ0) is 20.8. The van der Waals surface area contributed by atoms with E-state index in [2.05, 4.69) is 17.1 Å². The van der Waals surface area contributed by atoms with Crippen LogP contribution in [0.1, 0.15) is 39.0 Å². The van der Waals surface area contributed by atoms with Gasteiger partial charge in [0.2, 0.25) is 5.91 Å². The summed E-state index contributed by atoms with van der Waals surface area (Å²) in [5.41, 5.74) is 0.699. The zero-order valence-corrected chi connectivity index (χ0v) is 18.3. The van der Waals surface area contributed by atoms with Crippen LogP contribution in [0.3, 0.4) is 0 Å². The summed E-state index contributed by atoms with van der Waals surface area (Å²) in [7, 11) is 1.92. The first-order valence-electron chi connectivity index (χ1n) is 10.8. The molecule has 1 aliphatic heterocycles. The first kappa shape index (κ1) is 21.9. The molecule has 1 N–H and O–H groups in total. The van der Waals surface area contributed by atoms with E-state index in [1.165, 1.54) is 12.8 Å². The molecule has 1 atom stereocenters. The standard InChI is InChI=1S/C22H33ClN4O2/c1-3-11-25(2)21(28)20(17-7-4-5-8-17)26-12-14-27(15-13-26)22(29)24-19-10-6-9-18(23)16-19/h6,9-10,16-17,20H,3-5,7-8,11-15H2,1-2H3,(H,24,29)/t20-/m1/s1. The molecule has 29 heavy (non-hydrogen) atoms. The van der Waals surface area contributed by atoms with E-state index in [1.54, 1.807) is 12.1 Å². The van der Waals surface area contributed by atoms with Crippen molar-refractivity contribution in [3.05, 3.63) is 29.3 Å². The average Bonchev–Trinajstić information content (AvgIpc) is 3.23. The van der Waals surface area contributed by atoms with E-state index in [4.69, 9.17) is 11.6 Å². The molecule has 3 amide bonds. The summed E-state index contributed by atoms with van der Waals surface area (Å²) in [6.07, 6.45) is 5.66. The fourth-order valence-corrected chi connectivity index (χ4v) is 4.76. The largest absolute Gasteiger partial charge is 0.344 e. The highest BCUT2D eigenvalue weighted by Gasteiger charge is 2.38. The van der Waals surface area contributed by atoms with Crippen molar-refractivity contribution in [2.24, 2.45) is 5.92 Å². The van der Waals surface area contributed by atoms with Gasteiger partial charge in [-0.05, 0) is 43.4 Å². The Hall–Kier alpha value is -1.79. The lowest BCUT2D eigenvalue weighted by Crippen LogP contribution is -2.58. The number of benzene rings is 1. The second-order valence-electron chi connectivity index (χ2n) is 8.21. The van der Waals surface area contributed by atoms with E-state index in [9.17, 15) is 9.59 Å². The number of rotatable bonds is 6. The Morgan fingerprint density at radius 1 is 1.21 bits per heavy atom. The number of hydrogen-bond donors (Lipinski definition) is 1. The molecule has 0 aromatic heterocycles. The van der Waals surface area contributed by atoms with Crippen LogP contribution < -0.4 is 5.32 Å². The van der Waals surface area contributed by atoms with Crippen LogP contribution in [0.5, 0.6) is 0 Å². The predicted molar refractivity (Wildman–Crippen MR) is 117 cm³/mol. The Morgan fingerprint density at radius 2 is 1.90 bits per heavy atom. The molecule has 1 aromatic rings. The Labute approximate surface area is 179 Å². The molecule has 0 spiro atoms. The Kier molecular flexibility index (Phi) is 7.78. The molecule has 0 radical (unpaired) electrons. The smallest absolute Gasteiger partial charge is 0.321 e. The minimum absolute atomic E-state index is 0.0489. The van der Waals surface area contributed by atoms with E-state index in [0.29, 0.717) is 29.7 Å². The van der Waals surface area contributed by atoms with Crippen LogP contribution in [0.15, 0.2) is 24.3 Å². The predicted octanol–water partition coefficient (Wildman–Crippen LogP) is 3.92. The van der Waals surface area contributed by atoms with Gasteiger partial charge in [-0.2, -0.15) is 0 Å². The SMILES string of the molecule is CCCN(C)C(=O)[C@@H](C1CCCC1)N1CCN(C(=O)Nc2cccc(Cl)c2)CC1. The highest BCUT2D eigenvalue weighted by Crippen LogP contribution is 2.32. The van der Waals surface area contributed by atoms with Gasteiger partial charge in [0.15, 0.2) is 0 Å². The molecule has 6 nitrogen and oxygen atoms in total. The zero-order valence-electron chi connectivity index (χ0n) is 17.6. The monoisotopic (exact) mass is 420 g/mol. The molecule has 2 aliphatic rings. The second kappa shape index (κ2) is 10.3.